The summed E-state index contributed by atoms with van der Waals surface area (Å²) in [5.41, 5.74) is 3.52. The van der Waals surface area contributed by atoms with Crippen molar-refractivity contribution in [3.8, 4) is 5.75 Å². The van der Waals surface area contributed by atoms with Gasteiger partial charge in [0.1, 0.15) is 23.7 Å². The first-order valence-corrected chi connectivity index (χ1v) is 20.1. The van der Waals surface area contributed by atoms with Crippen molar-refractivity contribution in [1.82, 2.24) is 20.1 Å². The van der Waals surface area contributed by atoms with Gasteiger partial charge in [0, 0.05) is 75.0 Å². The summed E-state index contributed by atoms with van der Waals surface area (Å²) in [5, 5.41) is 2.75. The van der Waals surface area contributed by atoms with E-state index in [1.54, 1.807) is 18.2 Å². The molecule has 9 rings (SSSR count). The number of anilines is 3. The van der Waals surface area contributed by atoms with Crippen molar-refractivity contribution < 1.29 is 23.9 Å². The molecule has 7 heterocycles. The average Bonchev–Trinajstić information content (AvgIpc) is 3.64. The number of benzene rings is 2. The van der Waals surface area contributed by atoms with Gasteiger partial charge in [0.2, 0.25) is 17.5 Å². The number of amides is 4. The SMILES string of the molecule is [C-]#[N+]c1ccc(N2CC3(CCN(c4ccc(N5CCC(N6CC(Oc7ccc8c(c7)C(=O)N(C7CCC(=O)NC7=O)C8=O)C6)CC5)cn4)CC3)C[C@@H]2C)cc1Cl. The number of rotatable bonds is 7. The van der Waals surface area contributed by atoms with E-state index in [4.69, 9.17) is 27.9 Å². The van der Waals surface area contributed by atoms with E-state index in [1.807, 2.05) is 24.4 Å². The van der Waals surface area contributed by atoms with Gasteiger partial charge < -0.3 is 19.4 Å². The highest BCUT2D eigenvalue weighted by Crippen LogP contribution is 2.46. The second kappa shape index (κ2) is 14.4. The van der Waals surface area contributed by atoms with Crippen LogP contribution in [-0.2, 0) is 9.59 Å². The number of hydrogen-bond acceptors (Lipinski definition) is 10. The van der Waals surface area contributed by atoms with Crippen LogP contribution in [0.2, 0.25) is 5.02 Å². The Morgan fingerprint density at radius 3 is 2.34 bits per heavy atom. The Balaban J connectivity index is 0.726. The Bertz CT molecular complexity index is 2120. The van der Waals surface area contributed by atoms with Gasteiger partial charge in [-0.25, -0.2) is 9.83 Å². The molecule has 1 unspecified atom stereocenters. The Labute approximate surface area is 331 Å². The number of carbonyl (C=O) groups is 4. The summed E-state index contributed by atoms with van der Waals surface area (Å²) < 4.78 is 6.23. The molecule has 0 saturated carbocycles. The first-order chi connectivity index (χ1) is 27.1. The lowest BCUT2D eigenvalue weighted by Gasteiger charge is -2.47. The van der Waals surface area contributed by atoms with Crippen molar-refractivity contribution in [2.75, 3.05) is 60.5 Å². The number of aromatic nitrogens is 1. The molecule has 2 aromatic carbocycles. The van der Waals surface area contributed by atoms with E-state index in [0.717, 1.165) is 100 Å². The predicted octanol–water partition coefficient (Wildman–Crippen LogP) is 5.30. The monoisotopic (exact) mass is 776 g/mol. The van der Waals surface area contributed by atoms with Gasteiger partial charge in [0.05, 0.1) is 29.6 Å². The molecule has 0 aliphatic carbocycles. The van der Waals surface area contributed by atoms with Crippen molar-refractivity contribution >= 4 is 58.1 Å². The summed E-state index contributed by atoms with van der Waals surface area (Å²) in [6, 6.07) is 15.0. The molecule has 6 aliphatic heterocycles. The molecule has 290 valence electrons. The molecule has 5 fully saturated rings. The Hall–Kier alpha value is -5.19. The molecule has 56 heavy (non-hydrogen) atoms. The number of nitrogens with zero attached hydrogens (tertiary/aromatic N) is 7. The summed E-state index contributed by atoms with van der Waals surface area (Å²) in [7, 11) is 0. The van der Waals surface area contributed by atoms with Gasteiger partial charge >= 0.3 is 0 Å². The highest BCUT2D eigenvalue weighted by molar-refractivity contribution is 6.33. The summed E-state index contributed by atoms with van der Waals surface area (Å²) in [5.74, 6) is -0.496. The van der Waals surface area contributed by atoms with Crippen molar-refractivity contribution in [2.45, 2.75) is 76.1 Å². The zero-order valence-corrected chi connectivity index (χ0v) is 32.2. The lowest BCUT2D eigenvalue weighted by molar-refractivity contribution is -0.136. The van der Waals surface area contributed by atoms with E-state index in [1.165, 1.54) is 0 Å². The normalized spacial score (nSPS) is 24.4. The third-order valence-corrected chi connectivity index (χ3v) is 13.3. The third kappa shape index (κ3) is 6.62. The number of pyridine rings is 1. The molecule has 13 nitrogen and oxygen atoms in total. The van der Waals surface area contributed by atoms with Crippen LogP contribution in [0.5, 0.6) is 5.75 Å². The van der Waals surface area contributed by atoms with E-state index in [2.05, 4.69) is 48.8 Å². The molecule has 5 saturated heterocycles. The third-order valence-electron chi connectivity index (χ3n) is 13.0. The smallest absolute Gasteiger partial charge is 0.262 e. The number of nitrogens with one attached hydrogen (secondary N) is 1. The van der Waals surface area contributed by atoms with E-state index >= 15 is 0 Å². The molecular formula is C42H45ClN8O5. The first-order valence-electron chi connectivity index (χ1n) is 19.7. The van der Waals surface area contributed by atoms with Crippen LogP contribution in [0.15, 0.2) is 54.7 Å². The standard InChI is InChI=1S/C42H45ClN8O5/c1-26-21-42(25-50(26)28-3-7-35(44-2)34(43)19-28)13-17-48(18-14-42)37-9-4-29(22-45-37)47-15-11-27(12-16-47)49-23-31(24-49)56-30-5-6-32-33(20-30)41(55)51(40(32)54)36-8-10-38(52)46-39(36)53/h3-7,9,19-20,22,26-27,31,36H,8,10-18,21,23-25H2,1H3,(H,46,52,53)/t26-,36?/m0/s1. The van der Waals surface area contributed by atoms with Gasteiger partial charge in [-0.2, -0.15) is 0 Å². The molecule has 14 heteroatoms. The minimum Gasteiger partial charge on any atom is -0.488 e. The van der Waals surface area contributed by atoms with Crippen LogP contribution >= 0.6 is 11.6 Å². The van der Waals surface area contributed by atoms with E-state index < -0.39 is 29.7 Å². The van der Waals surface area contributed by atoms with Crippen molar-refractivity contribution in [3.63, 3.8) is 0 Å². The fraction of sp³-hybridized carbons (Fsp3) is 0.476. The number of fused-ring (bicyclic) bond motifs is 1. The number of imide groups is 2. The second-order valence-electron chi connectivity index (χ2n) is 16.4. The maximum Gasteiger partial charge on any atom is 0.262 e. The minimum absolute atomic E-state index is 0.00971. The molecule has 3 aromatic rings. The van der Waals surface area contributed by atoms with Crippen LogP contribution in [0, 0.1) is 12.0 Å². The van der Waals surface area contributed by atoms with Gasteiger partial charge in [-0.15, -0.1) is 0 Å². The fourth-order valence-corrected chi connectivity index (χ4v) is 10.0. The lowest BCUT2D eigenvalue weighted by atomic mass is 9.77. The Morgan fingerprint density at radius 2 is 1.64 bits per heavy atom. The highest BCUT2D eigenvalue weighted by atomic mass is 35.5. The van der Waals surface area contributed by atoms with E-state index in [9.17, 15) is 19.2 Å². The summed E-state index contributed by atoms with van der Waals surface area (Å²) in [6.07, 6.45) is 7.75. The molecule has 0 bridgehead atoms. The Morgan fingerprint density at radius 1 is 0.893 bits per heavy atom. The fourth-order valence-electron chi connectivity index (χ4n) is 9.80. The van der Waals surface area contributed by atoms with Crippen molar-refractivity contribution in [1.29, 1.82) is 0 Å². The second-order valence-corrected chi connectivity index (χ2v) is 16.8. The number of ether oxygens (including phenoxy) is 1. The quantitative estimate of drug-likeness (QED) is 0.250. The number of carbonyl (C=O) groups excluding carboxylic acids is 4. The molecule has 1 aromatic heterocycles. The van der Waals surface area contributed by atoms with Crippen molar-refractivity contribution in [3.05, 3.63) is 82.3 Å². The Kier molecular flexibility index (Phi) is 9.37. The van der Waals surface area contributed by atoms with Gasteiger partial charge in [-0.1, -0.05) is 17.7 Å². The number of hydrogen-bond donors (Lipinski definition) is 1. The molecule has 2 atom stereocenters. The van der Waals surface area contributed by atoms with Crippen LogP contribution in [0.25, 0.3) is 4.85 Å². The van der Waals surface area contributed by atoms with Crippen LogP contribution in [0.3, 0.4) is 0 Å². The summed E-state index contributed by atoms with van der Waals surface area (Å²) in [4.78, 5) is 69.4. The topological polar surface area (TPSA) is 123 Å². The van der Waals surface area contributed by atoms with E-state index in [0.29, 0.717) is 28.5 Å². The van der Waals surface area contributed by atoms with Gasteiger partial charge in [-0.05, 0) is 93.3 Å². The number of piperidine rings is 3. The average molecular weight is 777 g/mol. The molecular weight excluding hydrogens is 732 g/mol. The first kappa shape index (κ1) is 36.4. The lowest BCUT2D eigenvalue weighted by Crippen LogP contribution is -2.59. The summed E-state index contributed by atoms with van der Waals surface area (Å²) in [6.45, 7) is 16.1. The minimum atomic E-state index is -0.987. The van der Waals surface area contributed by atoms with Crippen LogP contribution in [-0.4, -0.2) is 108 Å². The molecule has 0 radical (unpaired) electrons. The molecule has 6 aliphatic rings. The molecule has 1 N–H and O–H groups in total. The number of likely N-dealkylation sites (tertiary alicyclic amines) is 1. The maximum absolute atomic E-state index is 13.2. The van der Waals surface area contributed by atoms with Crippen LogP contribution < -0.4 is 24.8 Å². The van der Waals surface area contributed by atoms with E-state index in [-0.39, 0.29) is 35.5 Å². The van der Waals surface area contributed by atoms with Crippen LogP contribution in [0.4, 0.5) is 22.9 Å². The van der Waals surface area contributed by atoms with Gasteiger partial charge in [-0.3, -0.25) is 34.3 Å². The predicted molar refractivity (Wildman–Crippen MR) is 212 cm³/mol. The zero-order chi connectivity index (χ0) is 38.7. The van der Waals surface area contributed by atoms with Crippen molar-refractivity contribution in [2.24, 2.45) is 5.41 Å². The number of halogens is 1. The highest BCUT2D eigenvalue weighted by Gasteiger charge is 2.46. The van der Waals surface area contributed by atoms with Gasteiger partial charge in [0.15, 0.2) is 0 Å². The van der Waals surface area contributed by atoms with Crippen LogP contribution in [0.1, 0.15) is 72.6 Å². The largest absolute Gasteiger partial charge is 0.488 e. The van der Waals surface area contributed by atoms with Gasteiger partial charge in [0.25, 0.3) is 11.8 Å². The molecule has 4 amide bonds. The maximum atomic E-state index is 13.2. The summed E-state index contributed by atoms with van der Waals surface area (Å²) >= 11 is 6.39. The zero-order valence-electron chi connectivity index (χ0n) is 31.5. The molecule has 1 spiro atoms.